The van der Waals surface area contributed by atoms with Crippen molar-refractivity contribution in [3.8, 4) is 11.5 Å². The van der Waals surface area contributed by atoms with E-state index in [4.69, 9.17) is 9.47 Å². The number of hydrogen-bond acceptors (Lipinski definition) is 5. The van der Waals surface area contributed by atoms with Gasteiger partial charge in [0.25, 0.3) is 5.91 Å². The van der Waals surface area contributed by atoms with Gasteiger partial charge in [0.05, 0.1) is 19.8 Å². The minimum Gasteiger partial charge on any atom is -0.493 e. The Morgan fingerprint density at radius 1 is 1.14 bits per heavy atom. The summed E-state index contributed by atoms with van der Waals surface area (Å²) in [5.74, 6) is 0.890. The van der Waals surface area contributed by atoms with Crippen molar-refractivity contribution < 1.29 is 19.4 Å². The van der Waals surface area contributed by atoms with E-state index < -0.39 is 0 Å². The minimum absolute atomic E-state index is 0.0669. The first kappa shape index (κ1) is 21.7. The molecule has 0 aliphatic carbocycles. The molecule has 0 aliphatic heterocycles. The van der Waals surface area contributed by atoms with Gasteiger partial charge in [0, 0.05) is 12.6 Å². The number of methoxy groups -OCH3 is 1. The fraction of sp³-hybridized carbons (Fsp3) is 0.409. The molecule has 6 nitrogen and oxygen atoms in total. The highest BCUT2D eigenvalue weighted by molar-refractivity contribution is 5.78. The third-order valence-electron chi connectivity index (χ3n) is 4.57. The first-order chi connectivity index (χ1) is 13.6. The molecule has 3 N–H and O–H groups in total. The summed E-state index contributed by atoms with van der Waals surface area (Å²) < 4.78 is 11.0. The summed E-state index contributed by atoms with van der Waals surface area (Å²) in [5.41, 5.74) is 2.05. The first-order valence-electron chi connectivity index (χ1n) is 9.55. The van der Waals surface area contributed by atoms with Crippen molar-refractivity contribution in [3.63, 3.8) is 0 Å². The molecule has 152 valence electrons. The second kappa shape index (κ2) is 11.3. The topological polar surface area (TPSA) is 79.8 Å². The van der Waals surface area contributed by atoms with Crippen LogP contribution in [0.1, 0.15) is 37.4 Å². The van der Waals surface area contributed by atoms with Crippen LogP contribution in [0.5, 0.6) is 11.5 Å². The molecule has 28 heavy (non-hydrogen) atoms. The molecule has 1 amide bonds. The number of carbonyl (C=O) groups is 1. The van der Waals surface area contributed by atoms with Crippen molar-refractivity contribution in [2.75, 3.05) is 20.3 Å². The summed E-state index contributed by atoms with van der Waals surface area (Å²) in [6, 6.07) is 15.3. The van der Waals surface area contributed by atoms with E-state index in [1.54, 1.807) is 13.2 Å². The maximum absolute atomic E-state index is 12.2. The Kier molecular flexibility index (Phi) is 8.78. The summed E-state index contributed by atoms with van der Waals surface area (Å²) >= 11 is 0. The van der Waals surface area contributed by atoms with Crippen molar-refractivity contribution in [1.29, 1.82) is 0 Å². The van der Waals surface area contributed by atoms with Gasteiger partial charge in [-0.3, -0.25) is 4.79 Å². The molecule has 0 radical (unpaired) electrons. The zero-order valence-electron chi connectivity index (χ0n) is 16.8. The molecule has 2 aromatic rings. The fourth-order valence-electron chi connectivity index (χ4n) is 2.79. The lowest BCUT2D eigenvalue weighted by molar-refractivity contribution is -0.123. The number of benzene rings is 2. The zero-order chi connectivity index (χ0) is 20.4. The zero-order valence-corrected chi connectivity index (χ0v) is 16.8. The maximum atomic E-state index is 12.2. The van der Waals surface area contributed by atoms with Gasteiger partial charge in [-0.15, -0.1) is 0 Å². The third kappa shape index (κ3) is 6.55. The van der Waals surface area contributed by atoms with Gasteiger partial charge < -0.3 is 25.2 Å². The Labute approximate surface area is 166 Å². The largest absolute Gasteiger partial charge is 0.493 e. The molecule has 0 spiro atoms. The molecule has 2 aromatic carbocycles. The van der Waals surface area contributed by atoms with Crippen molar-refractivity contribution in [2.45, 2.75) is 38.9 Å². The van der Waals surface area contributed by atoms with Gasteiger partial charge >= 0.3 is 0 Å². The number of aliphatic hydroxyl groups excluding tert-OH is 1. The molecular weight excluding hydrogens is 356 g/mol. The van der Waals surface area contributed by atoms with Gasteiger partial charge in [0.2, 0.25) is 0 Å². The van der Waals surface area contributed by atoms with E-state index in [0.29, 0.717) is 18.0 Å². The molecule has 6 heteroatoms. The predicted molar refractivity (Wildman–Crippen MR) is 109 cm³/mol. The second-order valence-electron chi connectivity index (χ2n) is 6.64. The fourth-order valence-corrected chi connectivity index (χ4v) is 2.79. The van der Waals surface area contributed by atoms with E-state index in [-0.39, 0.29) is 31.2 Å². The average Bonchev–Trinajstić information content (AvgIpc) is 2.73. The van der Waals surface area contributed by atoms with Crippen LogP contribution < -0.4 is 20.1 Å². The number of aliphatic hydroxyl groups is 1. The number of ether oxygens (including phenoxy) is 2. The van der Waals surface area contributed by atoms with Crippen molar-refractivity contribution >= 4 is 5.91 Å². The van der Waals surface area contributed by atoms with Gasteiger partial charge in [0.15, 0.2) is 18.1 Å². The quantitative estimate of drug-likeness (QED) is 0.553. The first-order valence-corrected chi connectivity index (χ1v) is 9.55. The average molecular weight is 386 g/mol. The van der Waals surface area contributed by atoms with E-state index in [1.165, 1.54) is 0 Å². The number of rotatable bonds is 11. The lowest BCUT2D eigenvalue weighted by Gasteiger charge is -2.17. The normalized spacial score (nSPS) is 12.9. The predicted octanol–water partition coefficient (Wildman–Crippen LogP) is 2.81. The highest BCUT2D eigenvalue weighted by Gasteiger charge is 2.12. The highest BCUT2D eigenvalue weighted by Crippen LogP contribution is 2.28. The Hall–Kier alpha value is -2.57. The molecule has 0 saturated carbocycles. The van der Waals surface area contributed by atoms with Crippen molar-refractivity contribution in [1.82, 2.24) is 10.6 Å². The van der Waals surface area contributed by atoms with Gasteiger partial charge in [-0.2, -0.15) is 0 Å². The lowest BCUT2D eigenvalue weighted by Crippen LogP contribution is -2.31. The van der Waals surface area contributed by atoms with Crippen LogP contribution in [0.3, 0.4) is 0 Å². The van der Waals surface area contributed by atoms with Crippen LogP contribution in [0, 0.1) is 0 Å². The summed E-state index contributed by atoms with van der Waals surface area (Å²) in [6.45, 7) is 4.59. The lowest BCUT2D eigenvalue weighted by atomic mass is 10.1. The Balaban J connectivity index is 1.89. The Bertz CT molecular complexity index is 733. The van der Waals surface area contributed by atoms with Crippen LogP contribution in [-0.2, 0) is 11.3 Å². The molecule has 0 aromatic heterocycles. The SMILES string of the molecule is CC[C@@H](CO)NCc1ccc(OCC(=O)N[C@H](C)c2ccccc2)c(OC)c1. The van der Waals surface area contributed by atoms with Crippen LogP contribution in [0.4, 0.5) is 0 Å². The highest BCUT2D eigenvalue weighted by atomic mass is 16.5. The molecule has 0 heterocycles. The van der Waals surface area contributed by atoms with Crippen LogP contribution >= 0.6 is 0 Å². The molecule has 0 saturated heterocycles. The number of nitrogens with one attached hydrogen (secondary N) is 2. The van der Waals surface area contributed by atoms with E-state index >= 15 is 0 Å². The van der Waals surface area contributed by atoms with Gasteiger partial charge in [0.1, 0.15) is 0 Å². The molecule has 0 aliphatic rings. The number of hydrogen-bond donors (Lipinski definition) is 3. The van der Waals surface area contributed by atoms with Crippen LogP contribution in [0.2, 0.25) is 0 Å². The minimum atomic E-state index is -0.196. The Morgan fingerprint density at radius 3 is 2.54 bits per heavy atom. The molecule has 2 rings (SSSR count). The molecule has 0 bridgehead atoms. The van der Waals surface area contributed by atoms with Crippen LogP contribution in [0.15, 0.2) is 48.5 Å². The summed E-state index contributed by atoms with van der Waals surface area (Å²) in [5, 5.41) is 15.5. The molecule has 2 atom stereocenters. The number of carbonyl (C=O) groups excluding carboxylic acids is 1. The molecule has 0 fully saturated rings. The standard InChI is InChI=1S/C22H30N2O4/c1-4-19(14-25)23-13-17-10-11-20(21(12-17)27-3)28-15-22(26)24-16(2)18-8-6-5-7-9-18/h5-12,16,19,23,25H,4,13-15H2,1-3H3,(H,24,26)/t16-,19+/m1/s1. The smallest absolute Gasteiger partial charge is 0.258 e. The third-order valence-corrected chi connectivity index (χ3v) is 4.57. The summed E-state index contributed by atoms with van der Waals surface area (Å²) in [7, 11) is 1.57. The number of amides is 1. The summed E-state index contributed by atoms with van der Waals surface area (Å²) in [4.78, 5) is 12.2. The second-order valence-corrected chi connectivity index (χ2v) is 6.64. The van der Waals surface area contributed by atoms with E-state index in [9.17, 15) is 9.90 Å². The van der Waals surface area contributed by atoms with Crippen molar-refractivity contribution in [2.24, 2.45) is 0 Å². The van der Waals surface area contributed by atoms with Gasteiger partial charge in [-0.05, 0) is 36.6 Å². The van der Waals surface area contributed by atoms with E-state index in [1.807, 2.05) is 56.3 Å². The van der Waals surface area contributed by atoms with Crippen LogP contribution in [0.25, 0.3) is 0 Å². The van der Waals surface area contributed by atoms with Crippen LogP contribution in [-0.4, -0.2) is 37.4 Å². The molecular formula is C22H30N2O4. The Morgan fingerprint density at radius 2 is 1.89 bits per heavy atom. The van der Waals surface area contributed by atoms with E-state index in [2.05, 4.69) is 10.6 Å². The molecule has 0 unspecified atom stereocenters. The van der Waals surface area contributed by atoms with Crippen molar-refractivity contribution in [3.05, 3.63) is 59.7 Å². The monoisotopic (exact) mass is 386 g/mol. The van der Waals surface area contributed by atoms with Gasteiger partial charge in [-0.1, -0.05) is 43.3 Å². The maximum Gasteiger partial charge on any atom is 0.258 e. The summed E-state index contributed by atoms with van der Waals surface area (Å²) in [6.07, 6.45) is 0.853. The van der Waals surface area contributed by atoms with E-state index in [0.717, 1.165) is 17.5 Å². The van der Waals surface area contributed by atoms with Gasteiger partial charge in [-0.25, -0.2) is 0 Å².